The number of rotatable bonds is 3. The third-order valence-corrected chi connectivity index (χ3v) is 2.05. The summed E-state index contributed by atoms with van der Waals surface area (Å²) in [5.41, 5.74) is 0.495. The molecule has 0 saturated heterocycles. The second kappa shape index (κ2) is 6.27. The van der Waals surface area contributed by atoms with Gasteiger partial charge in [0.1, 0.15) is 5.75 Å². The van der Waals surface area contributed by atoms with E-state index in [-0.39, 0.29) is 0 Å². The molecule has 1 aromatic rings. The number of ether oxygens (including phenoxy) is 2. The maximum atomic E-state index is 11.2. The SMILES string of the molecule is C#CC(OC(=O)C(=O)ON)c1cccc(OC)c1. The molecule has 0 heterocycles. The zero-order valence-electron chi connectivity index (χ0n) is 9.58. The molecule has 18 heavy (non-hydrogen) atoms. The normalized spacial score (nSPS) is 10.9. The highest BCUT2D eigenvalue weighted by Crippen LogP contribution is 2.21. The fourth-order valence-electron chi connectivity index (χ4n) is 1.21. The lowest BCUT2D eigenvalue weighted by Crippen LogP contribution is -2.24. The molecule has 0 aliphatic carbocycles. The maximum absolute atomic E-state index is 11.2. The molecule has 1 atom stereocenters. The fourth-order valence-corrected chi connectivity index (χ4v) is 1.21. The second-order valence-corrected chi connectivity index (χ2v) is 3.13. The van der Waals surface area contributed by atoms with Crippen LogP contribution in [0.2, 0.25) is 0 Å². The molecule has 0 amide bonds. The van der Waals surface area contributed by atoms with E-state index in [0.29, 0.717) is 11.3 Å². The van der Waals surface area contributed by atoms with Crippen LogP contribution in [0.1, 0.15) is 11.7 Å². The molecular formula is C12H11NO5. The first-order valence-electron chi connectivity index (χ1n) is 4.84. The summed E-state index contributed by atoms with van der Waals surface area (Å²) in [5.74, 6) is 4.75. The highest BCUT2D eigenvalue weighted by atomic mass is 16.7. The first-order valence-corrected chi connectivity index (χ1v) is 4.84. The van der Waals surface area contributed by atoms with E-state index in [1.807, 2.05) is 0 Å². The lowest BCUT2D eigenvalue weighted by Gasteiger charge is -2.12. The van der Waals surface area contributed by atoms with Gasteiger partial charge in [-0.1, -0.05) is 18.1 Å². The van der Waals surface area contributed by atoms with Gasteiger partial charge in [-0.05, 0) is 12.1 Å². The van der Waals surface area contributed by atoms with Crippen molar-refractivity contribution in [2.45, 2.75) is 6.10 Å². The summed E-state index contributed by atoms with van der Waals surface area (Å²) in [5, 5.41) is 0. The summed E-state index contributed by atoms with van der Waals surface area (Å²) in [6.45, 7) is 0. The number of carbonyl (C=O) groups is 2. The Morgan fingerprint density at radius 1 is 1.39 bits per heavy atom. The van der Waals surface area contributed by atoms with Crippen molar-refractivity contribution in [3.63, 3.8) is 0 Å². The molecule has 1 aromatic carbocycles. The van der Waals surface area contributed by atoms with Gasteiger partial charge in [0.25, 0.3) is 0 Å². The number of esters is 1. The van der Waals surface area contributed by atoms with E-state index in [9.17, 15) is 9.59 Å². The summed E-state index contributed by atoms with van der Waals surface area (Å²) in [7, 11) is 1.49. The molecular weight excluding hydrogens is 238 g/mol. The van der Waals surface area contributed by atoms with E-state index in [0.717, 1.165) is 0 Å². The molecule has 0 fully saturated rings. The first kappa shape index (κ1) is 13.5. The van der Waals surface area contributed by atoms with Crippen LogP contribution in [0.3, 0.4) is 0 Å². The van der Waals surface area contributed by atoms with Gasteiger partial charge < -0.3 is 14.3 Å². The number of hydrogen-bond acceptors (Lipinski definition) is 6. The van der Waals surface area contributed by atoms with Gasteiger partial charge >= 0.3 is 11.9 Å². The Balaban J connectivity index is 2.87. The van der Waals surface area contributed by atoms with Crippen LogP contribution in [0.15, 0.2) is 24.3 Å². The lowest BCUT2D eigenvalue weighted by atomic mass is 10.1. The number of nitrogens with two attached hydrogens (primary N) is 1. The van der Waals surface area contributed by atoms with E-state index in [1.165, 1.54) is 7.11 Å². The quantitative estimate of drug-likeness (QED) is 0.359. The topological polar surface area (TPSA) is 87.9 Å². The highest BCUT2D eigenvalue weighted by molar-refractivity contribution is 6.29. The minimum Gasteiger partial charge on any atom is -0.497 e. The molecule has 0 aromatic heterocycles. The number of hydrogen-bond donors (Lipinski definition) is 1. The number of carbonyl (C=O) groups excluding carboxylic acids is 2. The molecule has 0 aliphatic heterocycles. The Hall–Kier alpha value is -2.52. The summed E-state index contributed by atoms with van der Waals surface area (Å²) < 4.78 is 9.76. The van der Waals surface area contributed by atoms with Gasteiger partial charge in [-0.3, -0.25) is 0 Å². The fraction of sp³-hybridized carbons (Fsp3) is 0.167. The van der Waals surface area contributed by atoms with Gasteiger partial charge in [-0.15, -0.1) is 6.42 Å². The molecule has 0 radical (unpaired) electrons. The molecule has 94 valence electrons. The standard InChI is InChI=1S/C12H11NO5/c1-3-10(17-11(14)12(15)18-13)8-5-4-6-9(7-8)16-2/h1,4-7,10H,13H2,2H3. The minimum absolute atomic E-state index is 0.495. The van der Waals surface area contributed by atoms with Crippen molar-refractivity contribution in [1.82, 2.24) is 0 Å². The molecule has 0 aliphatic rings. The van der Waals surface area contributed by atoms with Crippen LogP contribution in [-0.2, 0) is 19.2 Å². The largest absolute Gasteiger partial charge is 0.497 e. The van der Waals surface area contributed by atoms with E-state index >= 15 is 0 Å². The predicted molar refractivity (Wildman–Crippen MR) is 60.9 cm³/mol. The maximum Gasteiger partial charge on any atom is 0.435 e. The molecule has 2 N–H and O–H groups in total. The van der Waals surface area contributed by atoms with Gasteiger partial charge in [0.05, 0.1) is 7.11 Å². The smallest absolute Gasteiger partial charge is 0.435 e. The van der Waals surface area contributed by atoms with Crippen LogP contribution >= 0.6 is 0 Å². The lowest BCUT2D eigenvalue weighted by molar-refractivity contribution is -0.169. The Kier molecular flexibility index (Phi) is 4.72. The Morgan fingerprint density at radius 2 is 2.11 bits per heavy atom. The van der Waals surface area contributed by atoms with Crippen molar-refractivity contribution < 1.29 is 23.9 Å². The van der Waals surface area contributed by atoms with E-state index < -0.39 is 18.0 Å². The van der Waals surface area contributed by atoms with Crippen LogP contribution in [0.25, 0.3) is 0 Å². The molecule has 0 saturated carbocycles. The number of terminal acetylenes is 1. The van der Waals surface area contributed by atoms with Gasteiger partial charge in [-0.2, -0.15) is 5.90 Å². The van der Waals surface area contributed by atoms with Crippen molar-refractivity contribution in [3.8, 4) is 18.1 Å². The third kappa shape index (κ3) is 3.23. The summed E-state index contributed by atoms with van der Waals surface area (Å²) in [6.07, 6.45) is 4.21. The highest BCUT2D eigenvalue weighted by Gasteiger charge is 2.22. The molecule has 1 rings (SSSR count). The summed E-state index contributed by atoms with van der Waals surface area (Å²) >= 11 is 0. The summed E-state index contributed by atoms with van der Waals surface area (Å²) in [4.78, 5) is 25.7. The molecule has 6 heteroatoms. The van der Waals surface area contributed by atoms with E-state index in [2.05, 4.69) is 16.7 Å². The van der Waals surface area contributed by atoms with Crippen LogP contribution in [0.4, 0.5) is 0 Å². The Morgan fingerprint density at radius 3 is 2.67 bits per heavy atom. The van der Waals surface area contributed by atoms with Gasteiger partial charge in [0, 0.05) is 5.56 Å². The van der Waals surface area contributed by atoms with Crippen molar-refractivity contribution in [2.75, 3.05) is 7.11 Å². The average Bonchev–Trinajstić information content (AvgIpc) is 2.43. The first-order chi connectivity index (χ1) is 8.62. The molecule has 0 bridgehead atoms. The predicted octanol–water partition coefficient (Wildman–Crippen LogP) is 0.330. The van der Waals surface area contributed by atoms with Crippen LogP contribution in [0, 0.1) is 12.3 Å². The number of benzene rings is 1. The zero-order valence-corrected chi connectivity index (χ0v) is 9.58. The van der Waals surface area contributed by atoms with E-state index in [1.54, 1.807) is 24.3 Å². The monoisotopic (exact) mass is 249 g/mol. The third-order valence-electron chi connectivity index (χ3n) is 2.05. The van der Waals surface area contributed by atoms with Crippen LogP contribution < -0.4 is 10.6 Å². The van der Waals surface area contributed by atoms with Gasteiger partial charge in [0.2, 0.25) is 0 Å². The second-order valence-electron chi connectivity index (χ2n) is 3.13. The van der Waals surface area contributed by atoms with Crippen molar-refractivity contribution in [2.24, 2.45) is 5.90 Å². The molecule has 1 unspecified atom stereocenters. The van der Waals surface area contributed by atoms with Crippen molar-refractivity contribution in [1.29, 1.82) is 0 Å². The number of methoxy groups -OCH3 is 1. The Bertz CT molecular complexity index is 491. The minimum atomic E-state index is -1.32. The Labute approximate surface area is 104 Å². The molecule has 0 spiro atoms. The average molecular weight is 249 g/mol. The van der Waals surface area contributed by atoms with Crippen molar-refractivity contribution in [3.05, 3.63) is 29.8 Å². The van der Waals surface area contributed by atoms with Gasteiger partial charge in [-0.25, -0.2) is 9.59 Å². The molecule has 6 nitrogen and oxygen atoms in total. The summed E-state index contributed by atoms with van der Waals surface area (Å²) in [6, 6.07) is 6.60. The van der Waals surface area contributed by atoms with Crippen LogP contribution in [0.5, 0.6) is 5.75 Å². The van der Waals surface area contributed by atoms with Crippen molar-refractivity contribution >= 4 is 11.9 Å². The van der Waals surface area contributed by atoms with Gasteiger partial charge in [0.15, 0.2) is 6.10 Å². The van der Waals surface area contributed by atoms with E-state index in [4.69, 9.17) is 15.9 Å². The van der Waals surface area contributed by atoms with Crippen LogP contribution in [-0.4, -0.2) is 19.0 Å². The zero-order chi connectivity index (χ0) is 13.5.